The lowest BCUT2D eigenvalue weighted by atomic mass is 10.1. The fraction of sp³-hybridized carbons (Fsp3) is 0.500. The van der Waals surface area contributed by atoms with Gasteiger partial charge in [-0.15, -0.1) is 0 Å². The number of benzene rings is 1. The highest BCUT2D eigenvalue weighted by atomic mass is 35.5. The minimum Gasteiger partial charge on any atom is -0.349 e. The lowest BCUT2D eigenvalue weighted by Crippen LogP contribution is -2.24. The summed E-state index contributed by atoms with van der Waals surface area (Å²) in [6.45, 7) is 2.89. The van der Waals surface area contributed by atoms with Crippen molar-refractivity contribution in [2.75, 3.05) is 20.6 Å². The minimum atomic E-state index is 0.169. The van der Waals surface area contributed by atoms with Gasteiger partial charge >= 0.3 is 0 Å². The monoisotopic (exact) mass is 268 g/mol. The molecule has 18 heavy (non-hydrogen) atoms. The van der Waals surface area contributed by atoms with E-state index < -0.39 is 0 Å². The molecule has 4 heteroatoms. The van der Waals surface area contributed by atoms with Crippen LogP contribution in [0.4, 0.5) is 0 Å². The summed E-state index contributed by atoms with van der Waals surface area (Å²) in [4.78, 5) is 13.0. The van der Waals surface area contributed by atoms with E-state index in [4.69, 9.17) is 11.6 Å². The molecule has 3 nitrogen and oxygen atoms in total. The molecule has 0 aliphatic heterocycles. The van der Waals surface area contributed by atoms with Crippen LogP contribution in [0.2, 0.25) is 5.02 Å². The molecule has 1 amide bonds. The predicted molar refractivity (Wildman–Crippen MR) is 75.8 cm³/mol. The van der Waals surface area contributed by atoms with Gasteiger partial charge in [0, 0.05) is 31.6 Å². The van der Waals surface area contributed by atoms with Crippen molar-refractivity contribution < 1.29 is 4.79 Å². The second kappa shape index (κ2) is 7.39. The van der Waals surface area contributed by atoms with E-state index in [1.165, 1.54) is 0 Å². The Morgan fingerprint density at radius 2 is 2.06 bits per heavy atom. The summed E-state index contributed by atoms with van der Waals surface area (Å²) in [6.07, 6.45) is 1.42. The van der Waals surface area contributed by atoms with Crippen molar-refractivity contribution in [3.8, 4) is 0 Å². The van der Waals surface area contributed by atoms with E-state index in [1.54, 1.807) is 19.0 Å². The van der Waals surface area contributed by atoms with Gasteiger partial charge < -0.3 is 10.2 Å². The third-order valence-corrected chi connectivity index (χ3v) is 3.23. The summed E-state index contributed by atoms with van der Waals surface area (Å²) in [5, 5.41) is 4.16. The van der Waals surface area contributed by atoms with Crippen molar-refractivity contribution in [2.45, 2.75) is 25.8 Å². The molecule has 0 aliphatic carbocycles. The van der Waals surface area contributed by atoms with Gasteiger partial charge in [0.2, 0.25) is 5.91 Å². The first-order valence-corrected chi connectivity index (χ1v) is 6.58. The van der Waals surface area contributed by atoms with Gasteiger partial charge in [0.1, 0.15) is 0 Å². The van der Waals surface area contributed by atoms with Gasteiger partial charge in [-0.3, -0.25) is 4.79 Å². The van der Waals surface area contributed by atoms with Crippen LogP contribution in [0.5, 0.6) is 0 Å². The number of hydrogen-bond donors (Lipinski definition) is 1. The highest BCUT2D eigenvalue weighted by molar-refractivity contribution is 6.31. The van der Waals surface area contributed by atoms with E-state index in [9.17, 15) is 4.79 Å². The maximum absolute atomic E-state index is 11.4. The first kappa shape index (κ1) is 15.0. The standard InChI is InChI=1S/C14H21ClN2O/c1-11(12-7-4-5-8-13(12)15)16-10-6-9-14(18)17(2)3/h4-5,7-8,11,16H,6,9-10H2,1-3H3/t11-/m0/s1. The van der Waals surface area contributed by atoms with E-state index in [1.807, 2.05) is 24.3 Å². The van der Waals surface area contributed by atoms with Crippen molar-refractivity contribution in [1.82, 2.24) is 10.2 Å². The Labute approximate surface area is 114 Å². The average molecular weight is 269 g/mol. The van der Waals surface area contributed by atoms with Crippen molar-refractivity contribution in [3.63, 3.8) is 0 Å². The van der Waals surface area contributed by atoms with Gasteiger partial charge in [-0.1, -0.05) is 29.8 Å². The topological polar surface area (TPSA) is 32.3 Å². The third-order valence-electron chi connectivity index (χ3n) is 2.89. The number of carbonyl (C=O) groups excluding carboxylic acids is 1. The molecule has 0 radical (unpaired) electrons. The number of hydrogen-bond acceptors (Lipinski definition) is 2. The Kier molecular flexibility index (Phi) is 6.16. The molecule has 0 aliphatic rings. The number of carbonyl (C=O) groups is 1. The zero-order valence-electron chi connectivity index (χ0n) is 11.2. The molecule has 1 N–H and O–H groups in total. The summed E-state index contributed by atoms with van der Waals surface area (Å²) < 4.78 is 0. The molecule has 0 unspecified atom stereocenters. The number of halogens is 1. The molecule has 0 bridgehead atoms. The molecular formula is C14H21ClN2O. The van der Waals surface area contributed by atoms with Crippen LogP contribution >= 0.6 is 11.6 Å². The molecular weight excluding hydrogens is 248 g/mol. The summed E-state index contributed by atoms with van der Waals surface area (Å²) in [5.41, 5.74) is 1.10. The number of nitrogens with zero attached hydrogens (tertiary/aromatic N) is 1. The number of amides is 1. The molecule has 1 aromatic carbocycles. The first-order valence-electron chi connectivity index (χ1n) is 6.20. The van der Waals surface area contributed by atoms with Crippen molar-refractivity contribution in [3.05, 3.63) is 34.9 Å². The van der Waals surface area contributed by atoms with Crippen molar-refractivity contribution >= 4 is 17.5 Å². The Morgan fingerprint density at radius 1 is 1.39 bits per heavy atom. The summed E-state index contributed by atoms with van der Waals surface area (Å²) in [6, 6.07) is 8.02. The second-order valence-corrected chi connectivity index (χ2v) is 5.00. The summed E-state index contributed by atoms with van der Waals surface area (Å²) >= 11 is 6.12. The lowest BCUT2D eigenvalue weighted by molar-refractivity contribution is -0.128. The highest BCUT2D eigenvalue weighted by Crippen LogP contribution is 2.21. The molecule has 0 heterocycles. The average Bonchev–Trinajstić information content (AvgIpc) is 2.34. The normalized spacial score (nSPS) is 12.2. The molecule has 0 saturated carbocycles. The van der Waals surface area contributed by atoms with Gasteiger partial charge in [-0.2, -0.15) is 0 Å². The Hall–Kier alpha value is -1.06. The molecule has 1 atom stereocenters. The lowest BCUT2D eigenvalue weighted by Gasteiger charge is -2.16. The Morgan fingerprint density at radius 3 is 2.67 bits per heavy atom. The quantitative estimate of drug-likeness (QED) is 0.805. The Balaban J connectivity index is 2.32. The van der Waals surface area contributed by atoms with Gasteiger partial charge in [0.05, 0.1) is 0 Å². The van der Waals surface area contributed by atoms with Crippen LogP contribution in [-0.2, 0) is 4.79 Å². The van der Waals surface area contributed by atoms with E-state index in [0.29, 0.717) is 6.42 Å². The predicted octanol–water partition coefficient (Wildman–Crippen LogP) is 2.86. The first-order chi connectivity index (χ1) is 8.52. The van der Waals surface area contributed by atoms with E-state index in [0.717, 1.165) is 23.6 Å². The third kappa shape index (κ3) is 4.67. The van der Waals surface area contributed by atoms with Crippen LogP contribution in [0.1, 0.15) is 31.4 Å². The molecule has 0 spiro atoms. The molecule has 0 saturated heterocycles. The fourth-order valence-corrected chi connectivity index (χ4v) is 2.02. The van der Waals surface area contributed by atoms with E-state index in [-0.39, 0.29) is 11.9 Å². The molecule has 0 fully saturated rings. The molecule has 100 valence electrons. The molecule has 1 rings (SSSR count). The number of nitrogens with one attached hydrogen (secondary N) is 1. The molecule has 1 aromatic rings. The Bertz CT molecular complexity index is 393. The van der Waals surface area contributed by atoms with Crippen LogP contribution in [0.25, 0.3) is 0 Å². The smallest absolute Gasteiger partial charge is 0.222 e. The van der Waals surface area contributed by atoms with Gasteiger partial charge in [0.15, 0.2) is 0 Å². The second-order valence-electron chi connectivity index (χ2n) is 4.59. The highest BCUT2D eigenvalue weighted by Gasteiger charge is 2.08. The zero-order chi connectivity index (χ0) is 13.5. The minimum absolute atomic E-state index is 0.169. The van der Waals surface area contributed by atoms with Gasteiger partial charge in [-0.25, -0.2) is 0 Å². The summed E-state index contributed by atoms with van der Waals surface area (Å²) in [7, 11) is 3.56. The van der Waals surface area contributed by atoms with Crippen molar-refractivity contribution in [2.24, 2.45) is 0 Å². The maximum atomic E-state index is 11.4. The van der Waals surface area contributed by atoms with Crippen LogP contribution in [0.15, 0.2) is 24.3 Å². The summed E-state index contributed by atoms with van der Waals surface area (Å²) in [5.74, 6) is 0.169. The SMILES string of the molecule is C[C@H](NCCCC(=O)N(C)C)c1ccccc1Cl. The van der Waals surface area contributed by atoms with Gasteiger partial charge in [0.25, 0.3) is 0 Å². The zero-order valence-corrected chi connectivity index (χ0v) is 12.0. The fourth-order valence-electron chi connectivity index (χ4n) is 1.72. The van der Waals surface area contributed by atoms with E-state index >= 15 is 0 Å². The van der Waals surface area contributed by atoms with E-state index in [2.05, 4.69) is 12.2 Å². The van der Waals surface area contributed by atoms with Crippen molar-refractivity contribution in [1.29, 1.82) is 0 Å². The van der Waals surface area contributed by atoms with Crippen LogP contribution in [-0.4, -0.2) is 31.4 Å². The van der Waals surface area contributed by atoms with Crippen LogP contribution in [0.3, 0.4) is 0 Å². The molecule has 0 aromatic heterocycles. The number of rotatable bonds is 6. The van der Waals surface area contributed by atoms with Gasteiger partial charge in [-0.05, 0) is 31.5 Å². The largest absolute Gasteiger partial charge is 0.349 e. The van der Waals surface area contributed by atoms with Crippen LogP contribution in [0, 0.1) is 0 Å². The van der Waals surface area contributed by atoms with Crippen LogP contribution < -0.4 is 5.32 Å². The maximum Gasteiger partial charge on any atom is 0.222 e.